The van der Waals surface area contributed by atoms with E-state index in [-0.39, 0.29) is 29.0 Å². The van der Waals surface area contributed by atoms with E-state index in [9.17, 15) is 13.6 Å². The van der Waals surface area contributed by atoms with E-state index in [1.165, 1.54) is 12.1 Å². The largest absolute Gasteiger partial charge is 0.487 e. The third-order valence-electron chi connectivity index (χ3n) is 2.76. The maximum absolute atomic E-state index is 13.6. The number of hydrogen-bond acceptors (Lipinski definition) is 3. The Kier molecular flexibility index (Phi) is 4.14. The first-order valence-corrected chi connectivity index (χ1v) is 5.86. The number of halogens is 2. The van der Waals surface area contributed by atoms with Crippen molar-refractivity contribution in [1.29, 1.82) is 5.26 Å². The fraction of sp³-hybridized carbons (Fsp3) is 0.0667. The normalized spacial score (nSPS) is 9.95. The molecule has 0 radical (unpaired) electrons. The van der Waals surface area contributed by atoms with Crippen LogP contribution >= 0.6 is 0 Å². The molecule has 4 nitrogen and oxygen atoms in total. The molecule has 106 valence electrons. The minimum absolute atomic E-state index is 0.00283. The summed E-state index contributed by atoms with van der Waals surface area (Å²) in [6.45, 7) is -0.314. The van der Waals surface area contributed by atoms with Crippen molar-refractivity contribution >= 4 is 5.97 Å². The van der Waals surface area contributed by atoms with Crippen LogP contribution in [0.4, 0.5) is 8.78 Å². The summed E-state index contributed by atoms with van der Waals surface area (Å²) in [6.07, 6.45) is 0. The Bertz CT molecular complexity index is 738. The average molecular weight is 289 g/mol. The molecule has 2 aromatic carbocycles. The van der Waals surface area contributed by atoms with E-state index in [1.807, 2.05) is 0 Å². The van der Waals surface area contributed by atoms with E-state index >= 15 is 0 Å². The zero-order chi connectivity index (χ0) is 15.4. The van der Waals surface area contributed by atoms with Crippen LogP contribution in [-0.4, -0.2) is 11.1 Å². The van der Waals surface area contributed by atoms with Gasteiger partial charge in [0.2, 0.25) is 0 Å². The molecule has 0 aliphatic heterocycles. The molecular formula is C15H9F2NO3. The fourth-order valence-corrected chi connectivity index (χ4v) is 1.71. The number of hydrogen-bond donors (Lipinski definition) is 1. The van der Waals surface area contributed by atoms with E-state index < -0.39 is 17.6 Å². The third-order valence-corrected chi connectivity index (χ3v) is 2.76. The van der Waals surface area contributed by atoms with Gasteiger partial charge in [-0.3, -0.25) is 0 Å². The second-order valence-electron chi connectivity index (χ2n) is 4.12. The number of benzene rings is 2. The molecule has 0 unspecified atom stereocenters. The Balaban J connectivity index is 2.25. The van der Waals surface area contributed by atoms with E-state index in [0.29, 0.717) is 0 Å². The monoisotopic (exact) mass is 289 g/mol. The van der Waals surface area contributed by atoms with Gasteiger partial charge >= 0.3 is 5.97 Å². The van der Waals surface area contributed by atoms with Crippen LogP contribution in [0.25, 0.3) is 0 Å². The summed E-state index contributed by atoms with van der Waals surface area (Å²) < 4.78 is 32.2. The molecule has 6 heteroatoms. The second-order valence-corrected chi connectivity index (χ2v) is 4.12. The van der Waals surface area contributed by atoms with Crippen molar-refractivity contribution in [3.05, 3.63) is 64.7 Å². The molecule has 0 atom stereocenters. The summed E-state index contributed by atoms with van der Waals surface area (Å²) in [6, 6.07) is 8.77. The molecule has 0 saturated carbocycles. The molecule has 0 amide bonds. The molecule has 0 fully saturated rings. The van der Waals surface area contributed by atoms with E-state index in [2.05, 4.69) is 0 Å². The molecular weight excluding hydrogens is 280 g/mol. The quantitative estimate of drug-likeness (QED) is 0.938. The third kappa shape index (κ3) is 3.15. The maximum Gasteiger partial charge on any atom is 0.335 e. The van der Waals surface area contributed by atoms with Crippen molar-refractivity contribution < 1.29 is 23.4 Å². The molecule has 0 bridgehead atoms. The van der Waals surface area contributed by atoms with Crippen LogP contribution in [0.2, 0.25) is 0 Å². The Morgan fingerprint density at radius 1 is 1.24 bits per heavy atom. The highest BCUT2D eigenvalue weighted by Gasteiger charge is 2.12. The second kappa shape index (κ2) is 6.01. The Morgan fingerprint density at radius 2 is 2.00 bits per heavy atom. The highest BCUT2D eigenvalue weighted by atomic mass is 19.1. The van der Waals surface area contributed by atoms with Gasteiger partial charge in [0.15, 0.2) is 0 Å². The zero-order valence-electron chi connectivity index (χ0n) is 10.6. The van der Waals surface area contributed by atoms with Gasteiger partial charge in [-0.1, -0.05) is 6.07 Å². The molecule has 2 rings (SSSR count). The van der Waals surface area contributed by atoms with Gasteiger partial charge in [0.25, 0.3) is 0 Å². The Labute approximate surface area is 118 Å². The number of carboxylic acid groups (broad SMARTS) is 1. The lowest BCUT2D eigenvalue weighted by atomic mass is 10.1. The van der Waals surface area contributed by atoms with Crippen LogP contribution in [-0.2, 0) is 6.61 Å². The van der Waals surface area contributed by atoms with Gasteiger partial charge in [-0.15, -0.1) is 0 Å². The number of carboxylic acids is 1. The summed E-state index contributed by atoms with van der Waals surface area (Å²) in [5.74, 6) is -2.61. The van der Waals surface area contributed by atoms with Crippen LogP contribution < -0.4 is 4.74 Å². The summed E-state index contributed by atoms with van der Waals surface area (Å²) in [7, 11) is 0. The smallest absolute Gasteiger partial charge is 0.335 e. The summed E-state index contributed by atoms with van der Waals surface area (Å²) >= 11 is 0. The molecule has 0 heterocycles. The Morgan fingerprint density at radius 3 is 2.67 bits per heavy atom. The molecule has 1 N–H and O–H groups in total. The number of rotatable bonds is 4. The molecule has 0 spiro atoms. The minimum Gasteiger partial charge on any atom is -0.487 e. The lowest BCUT2D eigenvalue weighted by Crippen LogP contribution is -2.04. The highest BCUT2D eigenvalue weighted by molar-refractivity contribution is 5.87. The molecule has 0 saturated heterocycles. The SMILES string of the molecule is N#Cc1c(F)cccc1OCc1cc(C(=O)O)ccc1F. The lowest BCUT2D eigenvalue weighted by Gasteiger charge is -2.09. The van der Waals surface area contributed by atoms with Gasteiger partial charge in [0.05, 0.1) is 5.56 Å². The standard InChI is InChI=1S/C15H9F2NO3/c16-12-5-4-9(15(19)20)6-10(12)8-21-14-3-1-2-13(17)11(14)7-18/h1-6H,8H2,(H,19,20). The molecule has 0 aromatic heterocycles. The number of carbonyl (C=O) groups is 1. The van der Waals surface area contributed by atoms with Crippen molar-refractivity contribution in [3.63, 3.8) is 0 Å². The summed E-state index contributed by atoms with van der Waals surface area (Å²) in [5.41, 5.74) is -0.370. The zero-order valence-corrected chi connectivity index (χ0v) is 10.6. The molecule has 2 aromatic rings. The maximum atomic E-state index is 13.6. The van der Waals surface area contributed by atoms with Crippen LogP contribution in [0, 0.1) is 23.0 Å². The molecule has 21 heavy (non-hydrogen) atoms. The number of aromatic carboxylic acids is 1. The van der Waals surface area contributed by atoms with Crippen molar-refractivity contribution in [2.75, 3.05) is 0 Å². The van der Waals surface area contributed by atoms with E-state index in [1.54, 1.807) is 6.07 Å². The average Bonchev–Trinajstić information content (AvgIpc) is 2.46. The first-order valence-electron chi connectivity index (χ1n) is 5.86. The summed E-state index contributed by atoms with van der Waals surface area (Å²) in [4.78, 5) is 10.8. The van der Waals surface area contributed by atoms with Gasteiger partial charge < -0.3 is 9.84 Å². The predicted molar refractivity (Wildman–Crippen MR) is 68.8 cm³/mol. The van der Waals surface area contributed by atoms with Gasteiger partial charge in [-0.05, 0) is 30.3 Å². The van der Waals surface area contributed by atoms with Gasteiger partial charge in [-0.25, -0.2) is 13.6 Å². The lowest BCUT2D eigenvalue weighted by molar-refractivity contribution is 0.0696. The van der Waals surface area contributed by atoms with Crippen molar-refractivity contribution in [2.45, 2.75) is 6.61 Å². The number of ether oxygens (including phenoxy) is 1. The fourth-order valence-electron chi connectivity index (χ4n) is 1.71. The topological polar surface area (TPSA) is 70.3 Å². The van der Waals surface area contributed by atoms with Crippen molar-refractivity contribution in [3.8, 4) is 11.8 Å². The van der Waals surface area contributed by atoms with Gasteiger partial charge in [0, 0.05) is 5.56 Å². The summed E-state index contributed by atoms with van der Waals surface area (Å²) in [5, 5.41) is 17.7. The van der Waals surface area contributed by atoms with Crippen LogP contribution in [0.3, 0.4) is 0 Å². The van der Waals surface area contributed by atoms with Crippen molar-refractivity contribution in [2.24, 2.45) is 0 Å². The minimum atomic E-state index is -1.19. The predicted octanol–water partition coefficient (Wildman–Crippen LogP) is 3.11. The molecule has 0 aliphatic carbocycles. The highest BCUT2D eigenvalue weighted by Crippen LogP contribution is 2.22. The van der Waals surface area contributed by atoms with Crippen LogP contribution in [0.15, 0.2) is 36.4 Å². The number of nitriles is 1. The van der Waals surface area contributed by atoms with E-state index in [4.69, 9.17) is 15.1 Å². The van der Waals surface area contributed by atoms with Crippen LogP contribution in [0.5, 0.6) is 5.75 Å². The van der Waals surface area contributed by atoms with Crippen LogP contribution in [0.1, 0.15) is 21.5 Å². The number of nitrogens with zero attached hydrogens (tertiary/aromatic N) is 1. The van der Waals surface area contributed by atoms with Gasteiger partial charge in [0.1, 0.15) is 35.6 Å². The van der Waals surface area contributed by atoms with Gasteiger partial charge in [-0.2, -0.15) is 5.26 Å². The first-order chi connectivity index (χ1) is 10.0. The molecule has 0 aliphatic rings. The first kappa shape index (κ1) is 14.5. The Hall–Kier alpha value is -2.94. The van der Waals surface area contributed by atoms with Crippen molar-refractivity contribution in [1.82, 2.24) is 0 Å². The van der Waals surface area contributed by atoms with E-state index in [0.717, 1.165) is 24.3 Å².